The lowest BCUT2D eigenvalue weighted by molar-refractivity contribution is -0.137. The van der Waals surface area contributed by atoms with Crippen LogP contribution >= 0.6 is 0 Å². The molecule has 1 amide bonds. The Hall–Kier alpha value is -5.26. The number of carbonyl (C=O) groups excluding carboxylic acids is 1. The van der Waals surface area contributed by atoms with Crippen molar-refractivity contribution in [2.45, 2.75) is 26.9 Å². The Balaban J connectivity index is 1.35. The van der Waals surface area contributed by atoms with E-state index in [1.165, 1.54) is 18.5 Å². The number of carbonyl (C=O) groups is 1. The molecule has 12 heteroatoms. The summed E-state index contributed by atoms with van der Waals surface area (Å²) in [5.41, 5.74) is 3.47. The monoisotopic (exact) mass is 558 g/mol. The smallest absolute Gasteiger partial charge is 0.339 e. The first kappa shape index (κ1) is 27.3. The molecule has 0 aliphatic heterocycles. The van der Waals surface area contributed by atoms with Crippen LogP contribution in [0, 0.1) is 20.8 Å². The van der Waals surface area contributed by atoms with Crippen molar-refractivity contribution in [2.75, 3.05) is 16.0 Å². The summed E-state index contributed by atoms with van der Waals surface area (Å²) in [6.45, 7) is 5.71. The van der Waals surface area contributed by atoms with E-state index in [1.807, 2.05) is 32.9 Å². The van der Waals surface area contributed by atoms with Crippen LogP contribution in [0.4, 0.5) is 42.0 Å². The van der Waals surface area contributed by atoms with Crippen LogP contribution in [-0.2, 0) is 6.18 Å². The maximum absolute atomic E-state index is 13.1. The highest BCUT2D eigenvalue weighted by molar-refractivity contribution is 6.04. The second kappa shape index (κ2) is 11.1. The topological polar surface area (TPSA) is 110 Å². The van der Waals surface area contributed by atoms with Gasteiger partial charge in [0.05, 0.1) is 16.9 Å². The number of pyridine rings is 1. The van der Waals surface area contributed by atoms with E-state index >= 15 is 0 Å². The third kappa shape index (κ3) is 6.32. The number of benzene rings is 2. The van der Waals surface area contributed by atoms with Crippen LogP contribution in [0.25, 0.3) is 5.82 Å². The second-order valence-electron chi connectivity index (χ2n) is 9.28. The molecule has 0 aliphatic carbocycles. The first-order chi connectivity index (χ1) is 19.6. The lowest BCUT2D eigenvalue weighted by atomic mass is 10.1. The van der Waals surface area contributed by atoms with Crippen molar-refractivity contribution >= 4 is 34.7 Å². The minimum atomic E-state index is -4.55. The molecule has 0 saturated heterocycles. The summed E-state index contributed by atoms with van der Waals surface area (Å²) in [6.07, 6.45) is 0.242. The standard InChI is InChI=1S/C29H25F3N8O/c1-17-7-9-22(37-27(41)20-5-4-6-21(13-20)29(30,31)32)14-24(17)39-28-33-11-12-40(28)26-15-25(34-16-35-26)38-23-10-8-18(2)36-19(23)3/h4-16H,1-3H3,(H,33,39)(H,37,41)(H,34,35,38). The molecule has 0 saturated carbocycles. The van der Waals surface area contributed by atoms with Crippen LogP contribution in [0.5, 0.6) is 0 Å². The first-order valence-electron chi connectivity index (χ1n) is 12.5. The molecule has 3 N–H and O–H groups in total. The van der Waals surface area contributed by atoms with Gasteiger partial charge < -0.3 is 16.0 Å². The predicted octanol–water partition coefficient (Wildman–Crippen LogP) is 6.74. The zero-order valence-electron chi connectivity index (χ0n) is 22.3. The Morgan fingerprint density at radius 1 is 0.878 bits per heavy atom. The first-order valence-corrected chi connectivity index (χ1v) is 12.5. The third-order valence-corrected chi connectivity index (χ3v) is 6.22. The number of aromatic nitrogens is 5. The predicted molar refractivity (Wildman–Crippen MR) is 150 cm³/mol. The maximum atomic E-state index is 13.1. The number of rotatable bonds is 7. The van der Waals surface area contributed by atoms with Crippen LogP contribution in [-0.4, -0.2) is 30.4 Å². The molecule has 3 aromatic heterocycles. The second-order valence-corrected chi connectivity index (χ2v) is 9.28. The van der Waals surface area contributed by atoms with Gasteiger partial charge in [-0.25, -0.2) is 15.0 Å². The molecule has 0 radical (unpaired) electrons. The Labute approximate surface area is 233 Å². The summed E-state index contributed by atoms with van der Waals surface area (Å²) in [5.74, 6) is 0.908. The number of imidazole rings is 1. The van der Waals surface area contributed by atoms with Crippen molar-refractivity contribution in [3.8, 4) is 5.82 Å². The van der Waals surface area contributed by atoms with E-state index in [-0.39, 0.29) is 5.56 Å². The number of nitrogens with zero attached hydrogens (tertiary/aromatic N) is 5. The van der Waals surface area contributed by atoms with Gasteiger partial charge in [-0.2, -0.15) is 13.2 Å². The molecule has 5 aromatic rings. The highest BCUT2D eigenvalue weighted by atomic mass is 19.4. The Morgan fingerprint density at radius 2 is 1.71 bits per heavy atom. The molecule has 0 aliphatic rings. The van der Waals surface area contributed by atoms with Crippen LogP contribution in [0.2, 0.25) is 0 Å². The van der Waals surface area contributed by atoms with Crippen molar-refractivity contribution in [1.82, 2.24) is 24.5 Å². The van der Waals surface area contributed by atoms with Gasteiger partial charge in [0, 0.05) is 41.1 Å². The van der Waals surface area contributed by atoms with Gasteiger partial charge in [-0.3, -0.25) is 14.3 Å². The number of anilines is 5. The summed E-state index contributed by atoms with van der Waals surface area (Å²) in [5, 5.41) is 9.17. The quantitative estimate of drug-likeness (QED) is 0.203. The van der Waals surface area contributed by atoms with E-state index in [1.54, 1.807) is 41.2 Å². The summed E-state index contributed by atoms with van der Waals surface area (Å²) in [6, 6.07) is 15.0. The average molecular weight is 559 g/mol. The van der Waals surface area contributed by atoms with Crippen LogP contribution in [0.3, 0.4) is 0 Å². The molecule has 3 heterocycles. The minimum Gasteiger partial charge on any atom is -0.339 e. The normalized spacial score (nSPS) is 11.3. The van der Waals surface area contributed by atoms with Crippen molar-refractivity contribution in [1.29, 1.82) is 0 Å². The fraction of sp³-hybridized carbons (Fsp3) is 0.138. The SMILES string of the molecule is Cc1ccc(Nc2cc(-n3ccnc3Nc3cc(NC(=O)c4cccc(C(F)(F)F)c4)ccc3C)ncn2)c(C)n1. The van der Waals surface area contributed by atoms with Gasteiger partial charge in [0.1, 0.15) is 18.0 Å². The highest BCUT2D eigenvalue weighted by Crippen LogP contribution is 2.30. The van der Waals surface area contributed by atoms with E-state index in [0.717, 1.165) is 34.8 Å². The number of hydrogen-bond acceptors (Lipinski definition) is 7. The van der Waals surface area contributed by atoms with Crippen molar-refractivity contribution in [3.05, 3.63) is 107 Å². The number of halogens is 3. The Kier molecular flexibility index (Phi) is 7.38. The van der Waals surface area contributed by atoms with Gasteiger partial charge in [-0.15, -0.1) is 0 Å². The average Bonchev–Trinajstić information content (AvgIpc) is 3.40. The Bertz CT molecular complexity index is 1730. The van der Waals surface area contributed by atoms with Gasteiger partial charge in [0.15, 0.2) is 0 Å². The molecule has 9 nitrogen and oxygen atoms in total. The van der Waals surface area contributed by atoms with E-state index < -0.39 is 17.6 Å². The molecular formula is C29H25F3N8O. The lowest BCUT2D eigenvalue weighted by Gasteiger charge is -2.14. The van der Waals surface area contributed by atoms with Gasteiger partial charge in [-0.1, -0.05) is 12.1 Å². The number of nitrogens with one attached hydrogen (secondary N) is 3. The maximum Gasteiger partial charge on any atom is 0.416 e. The van der Waals surface area contributed by atoms with E-state index in [4.69, 9.17) is 0 Å². The molecule has 0 spiro atoms. The van der Waals surface area contributed by atoms with Crippen LogP contribution in [0.1, 0.15) is 32.9 Å². The number of amides is 1. The fourth-order valence-corrected chi connectivity index (χ4v) is 4.08. The Morgan fingerprint density at radius 3 is 2.49 bits per heavy atom. The lowest BCUT2D eigenvalue weighted by Crippen LogP contribution is -2.14. The summed E-state index contributed by atoms with van der Waals surface area (Å²) < 4.78 is 41.0. The van der Waals surface area contributed by atoms with Gasteiger partial charge in [0.2, 0.25) is 5.95 Å². The third-order valence-electron chi connectivity index (χ3n) is 6.22. The fourth-order valence-electron chi connectivity index (χ4n) is 4.08. The largest absolute Gasteiger partial charge is 0.416 e. The van der Waals surface area contributed by atoms with E-state index in [0.29, 0.717) is 29.0 Å². The van der Waals surface area contributed by atoms with Gasteiger partial charge in [-0.05, 0) is 68.8 Å². The zero-order valence-corrected chi connectivity index (χ0v) is 22.3. The van der Waals surface area contributed by atoms with Crippen LogP contribution < -0.4 is 16.0 Å². The van der Waals surface area contributed by atoms with Crippen molar-refractivity contribution < 1.29 is 18.0 Å². The molecule has 5 rings (SSSR count). The molecule has 0 fully saturated rings. The number of aryl methyl sites for hydroxylation is 3. The molecule has 0 atom stereocenters. The van der Waals surface area contributed by atoms with Crippen LogP contribution in [0.15, 0.2) is 79.4 Å². The minimum absolute atomic E-state index is 0.102. The molecular weight excluding hydrogens is 533 g/mol. The molecule has 41 heavy (non-hydrogen) atoms. The van der Waals surface area contributed by atoms with E-state index in [9.17, 15) is 18.0 Å². The van der Waals surface area contributed by atoms with Gasteiger partial charge >= 0.3 is 6.18 Å². The number of alkyl halides is 3. The molecule has 0 bridgehead atoms. The molecule has 2 aromatic carbocycles. The highest BCUT2D eigenvalue weighted by Gasteiger charge is 2.31. The summed E-state index contributed by atoms with van der Waals surface area (Å²) >= 11 is 0. The van der Waals surface area contributed by atoms with E-state index in [2.05, 4.69) is 35.9 Å². The summed E-state index contributed by atoms with van der Waals surface area (Å²) in [4.78, 5) is 30.3. The number of hydrogen-bond donors (Lipinski definition) is 3. The van der Waals surface area contributed by atoms with Crippen molar-refractivity contribution in [2.24, 2.45) is 0 Å². The molecule has 208 valence electrons. The summed E-state index contributed by atoms with van der Waals surface area (Å²) in [7, 11) is 0. The van der Waals surface area contributed by atoms with Gasteiger partial charge in [0.25, 0.3) is 5.91 Å². The molecule has 0 unspecified atom stereocenters. The zero-order chi connectivity index (χ0) is 29.1. The van der Waals surface area contributed by atoms with Crippen molar-refractivity contribution in [3.63, 3.8) is 0 Å².